The largest absolute Gasteiger partial charge is 0.504 e. The number of nitrogens with zero attached hydrogens (tertiary/aromatic N) is 1. The summed E-state index contributed by atoms with van der Waals surface area (Å²) in [7, 11) is 4.93. The number of benzene rings is 2. The number of halogens is 3. The summed E-state index contributed by atoms with van der Waals surface area (Å²) >= 11 is 0. The molecule has 2 N–H and O–H groups in total. The summed E-state index contributed by atoms with van der Waals surface area (Å²) in [4.78, 5) is 11.4. The van der Waals surface area contributed by atoms with Crippen LogP contribution in [0.5, 0.6) is 23.0 Å². The molecule has 0 unspecified atom stereocenters. The quantitative estimate of drug-likeness (QED) is 0.681. The number of hydrogen-bond acceptors (Lipinski definition) is 6. The number of aromatic hydroxyl groups is 1. The molecule has 0 saturated heterocycles. The molecule has 2 aliphatic rings. The number of fused-ring (bicyclic) bond motifs is 4. The van der Waals surface area contributed by atoms with Crippen LogP contribution in [0.3, 0.4) is 0 Å². The molecule has 0 aromatic heterocycles. The first-order valence-corrected chi connectivity index (χ1v) is 9.76. The molecule has 174 valence electrons. The van der Waals surface area contributed by atoms with Gasteiger partial charge in [-0.25, -0.2) is 4.79 Å². The Bertz CT molecular complexity index is 1010. The molecule has 10 heteroatoms. The van der Waals surface area contributed by atoms with Gasteiger partial charge in [-0.3, -0.25) is 4.90 Å². The maximum absolute atomic E-state index is 10.6. The summed E-state index contributed by atoms with van der Waals surface area (Å²) < 4.78 is 47.9. The van der Waals surface area contributed by atoms with Crippen molar-refractivity contribution in [3.8, 4) is 23.0 Å². The molecule has 0 fully saturated rings. The van der Waals surface area contributed by atoms with E-state index in [9.17, 15) is 18.3 Å². The monoisotopic (exact) mass is 456 g/mol. The van der Waals surface area contributed by atoms with E-state index in [-0.39, 0.29) is 5.75 Å². The molecule has 2 aromatic rings. The molecule has 4 rings (SSSR count). The number of carboxylic acid groups (broad SMARTS) is 1. The Morgan fingerprint density at radius 2 is 1.53 bits per heavy atom. The minimum Gasteiger partial charge on any atom is -0.504 e. The van der Waals surface area contributed by atoms with Crippen molar-refractivity contribution in [1.82, 2.24) is 4.90 Å². The lowest BCUT2D eigenvalue weighted by molar-refractivity contribution is -0.192. The highest BCUT2D eigenvalue weighted by atomic mass is 19.4. The van der Waals surface area contributed by atoms with Crippen molar-refractivity contribution in [2.75, 3.05) is 27.9 Å². The smallest absolute Gasteiger partial charge is 0.490 e. The van der Waals surface area contributed by atoms with Crippen LogP contribution in [-0.4, -0.2) is 55.1 Å². The maximum Gasteiger partial charge on any atom is 0.490 e. The van der Waals surface area contributed by atoms with Crippen molar-refractivity contribution in [3.05, 3.63) is 46.5 Å². The lowest BCUT2D eigenvalue weighted by Crippen LogP contribution is -2.39. The van der Waals surface area contributed by atoms with Gasteiger partial charge in [-0.2, -0.15) is 13.2 Å². The number of phenols is 1. The van der Waals surface area contributed by atoms with E-state index in [1.807, 2.05) is 12.1 Å². The van der Waals surface area contributed by atoms with Crippen LogP contribution in [-0.2, 0) is 24.2 Å². The van der Waals surface area contributed by atoms with Crippen molar-refractivity contribution in [1.29, 1.82) is 0 Å². The Hall–Kier alpha value is -3.14. The Morgan fingerprint density at radius 3 is 2.09 bits per heavy atom. The highest BCUT2D eigenvalue weighted by Crippen LogP contribution is 2.44. The van der Waals surface area contributed by atoms with Gasteiger partial charge in [0.2, 0.25) is 0 Å². The number of methoxy groups -OCH3 is 3. The first-order valence-electron chi connectivity index (χ1n) is 9.76. The third kappa shape index (κ3) is 4.69. The van der Waals surface area contributed by atoms with Crippen molar-refractivity contribution >= 4 is 5.97 Å². The van der Waals surface area contributed by atoms with Gasteiger partial charge in [0.25, 0.3) is 0 Å². The lowest BCUT2D eigenvalue weighted by Gasteiger charge is -2.41. The van der Waals surface area contributed by atoms with E-state index in [1.54, 1.807) is 21.3 Å². The zero-order valence-corrected chi connectivity index (χ0v) is 17.8. The van der Waals surface area contributed by atoms with Crippen LogP contribution >= 0.6 is 0 Å². The summed E-state index contributed by atoms with van der Waals surface area (Å²) in [5, 5.41) is 17.3. The Morgan fingerprint density at radius 1 is 0.969 bits per heavy atom. The molecule has 2 aromatic carbocycles. The van der Waals surface area contributed by atoms with E-state index in [1.165, 1.54) is 22.3 Å². The van der Waals surface area contributed by atoms with Crippen LogP contribution in [0.2, 0.25) is 0 Å². The molecule has 32 heavy (non-hydrogen) atoms. The number of carbonyl (C=O) groups is 1. The number of rotatable bonds is 3. The zero-order chi connectivity index (χ0) is 23.6. The normalized spacial score (nSPS) is 17.1. The maximum atomic E-state index is 10.6. The highest BCUT2D eigenvalue weighted by Gasteiger charge is 2.38. The average Bonchev–Trinajstić information content (AvgIpc) is 2.76. The predicted molar refractivity (Wildman–Crippen MR) is 108 cm³/mol. The topological polar surface area (TPSA) is 88.5 Å². The van der Waals surface area contributed by atoms with Crippen LogP contribution in [0.4, 0.5) is 13.2 Å². The third-order valence-corrected chi connectivity index (χ3v) is 5.64. The van der Waals surface area contributed by atoms with Gasteiger partial charge in [-0.1, -0.05) is 0 Å². The number of alkyl halides is 3. The van der Waals surface area contributed by atoms with Crippen LogP contribution in [0.15, 0.2) is 24.3 Å². The molecular weight excluding hydrogens is 432 g/mol. The summed E-state index contributed by atoms with van der Waals surface area (Å²) in [5.41, 5.74) is 5.03. The number of phenolic OH excluding ortho intramolecular Hbond substituents is 1. The van der Waals surface area contributed by atoms with Gasteiger partial charge in [0.1, 0.15) is 0 Å². The van der Waals surface area contributed by atoms with Gasteiger partial charge in [0.05, 0.1) is 21.3 Å². The van der Waals surface area contributed by atoms with E-state index in [2.05, 4.69) is 17.0 Å². The van der Waals surface area contributed by atoms with Crippen molar-refractivity contribution in [2.24, 2.45) is 0 Å². The Balaban J connectivity index is 0.000000360. The van der Waals surface area contributed by atoms with E-state index in [0.717, 1.165) is 37.4 Å². The number of aliphatic carboxylic acids is 1. The molecular formula is C22H24F3NO6. The number of carboxylic acids is 1. The van der Waals surface area contributed by atoms with Crippen molar-refractivity contribution < 1.29 is 42.4 Å². The SMILES string of the molecule is COc1cc2c(cc1O)C[C@H]1c3cc(OC)c(OC)cc3CCN1[13CH2]2.O=C(O)C(F)(F)F. The summed E-state index contributed by atoms with van der Waals surface area (Å²) in [6.45, 7) is 1.88. The Kier molecular flexibility index (Phi) is 6.73. The van der Waals surface area contributed by atoms with E-state index in [0.29, 0.717) is 11.8 Å². The van der Waals surface area contributed by atoms with Gasteiger partial charge in [0.15, 0.2) is 23.0 Å². The fraction of sp³-hybridized carbons (Fsp3) is 0.409. The molecule has 0 aliphatic carbocycles. The minimum atomic E-state index is -5.08. The van der Waals surface area contributed by atoms with Gasteiger partial charge >= 0.3 is 12.1 Å². The first kappa shape index (κ1) is 23.5. The fourth-order valence-electron chi connectivity index (χ4n) is 4.09. The van der Waals surface area contributed by atoms with Crippen LogP contribution in [0.25, 0.3) is 0 Å². The molecule has 0 bridgehead atoms. The molecule has 0 spiro atoms. The third-order valence-electron chi connectivity index (χ3n) is 5.64. The second kappa shape index (κ2) is 9.15. The molecule has 0 saturated carbocycles. The molecule has 2 aliphatic heterocycles. The van der Waals surface area contributed by atoms with Gasteiger partial charge in [-0.05, 0) is 59.4 Å². The Labute approximate surface area is 182 Å². The summed E-state index contributed by atoms with van der Waals surface area (Å²) in [6, 6.07) is 8.32. The number of ether oxygens (including phenoxy) is 3. The fourth-order valence-corrected chi connectivity index (χ4v) is 4.09. The van der Waals surface area contributed by atoms with Crippen LogP contribution < -0.4 is 14.2 Å². The van der Waals surface area contributed by atoms with Crippen molar-refractivity contribution in [2.45, 2.75) is 31.6 Å². The average molecular weight is 456 g/mol. The van der Waals surface area contributed by atoms with Crippen LogP contribution in [0, 0.1) is 0 Å². The predicted octanol–water partition coefficient (Wildman–Crippen LogP) is 3.71. The standard InChI is InChI=1S/C20H23NO4.C2HF3O2/c1-23-18-9-14-11-21-5-4-12-8-19(24-2)20(25-3)10-15(12)16(21)6-13(14)7-17(18)22;3-2(4,5)1(6)7/h7-10,16,22H,4-6,11H2,1-3H3;(H,6,7)/t16-;/m0./s1/i11+1;. The van der Waals surface area contributed by atoms with E-state index in [4.69, 9.17) is 24.1 Å². The number of hydrogen-bond donors (Lipinski definition) is 2. The van der Waals surface area contributed by atoms with E-state index < -0.39 is 12.1 Å². The van der Waals surface area contributed by atoms with Gasteiger partial charge in [-0.15, -0.1) is 0 Å². The van der Waals surface area contributed by atoms with Crippen LogP contribution in [0.1, 0.15) is 28.3 Å². The highest BCUT2D eigenvalue weighted by molar-refractivity contribution is 5.73. The lowest BCUT2D eigenvalue weighted by atomic mass is 9.86. The van der Waals surface area contributed by atoms with Gasteiger partial charge < -0.3 is 24.4 Å². The van der Waals surface area contributed by atoms with E-state index >= 15 is 0 Å². The summed E-state index contributed by atoms with van der Waals surface area (Å²) in [6.07, 6.45) is -3.22. The van der Waals surface area contributed by atoms with Crippen molar-refractivity contribution in [3.63, 3.8) is 0 Å². The zero-order valence-electron chi connectivity index (χ0n) is 17.8. The molecule has 2 heterocycles. The molecule has 0 radical (unpaired) electrons. The molecule has 7 nitrogen and oxygen atoms in total. The summed E-state index contributed by atoms with van der Waals surface area (Å²) in [5.74, 6) is -0.452. The molecule has 1 atom stereocenters. The molecule has 0 amide bonds. The first-order chi connectivity index (χ1) is 15.1. The minimum absolute atomic E-state index is 0.207. The van der Waals surface area contributed by atoms with Gasteiger partial charge in [0, 0.05) is 19.1 Å². The second-order valence-corrected chi connectivity index (χ2v) is 7.44. The second-order valence-electron chi connectivity index (χ2n) is 7.44.